The molecule has 1 rings (SSSR count). The minimum absolute atomic E-state index is 0.0466. The van der Waals surface area contributed by atoms with Crippen LogP contribution in [0.3, 0.4) is 0 Å². The minimum Gasteiger partial charge on any atom is -0.480 e. The second-order valence-electron chi connectivity index (χ2n) is 4.69. The molecule has 1 aromatic rings. The molecule has 0 saturated carbocycles. The van der Waals surface area contributed by atoms with Crippen LogP contribution in [-0.2, 0) is 20.8 Å². The number of hydrogen-bond acceptors (Lipinski definition) is 5. The van der Waals surface area contributed by atoms with E-state index in [9.17, 15) is 14.4 Å². The molecule has 1 unspecified atom stereocenters. The Labute approximate surface area is 122 Å². The average molecular weight is 297 g/mol. The number of nitrogens with zero attached hydrogens (tertiary/aromatic N) is 2. The summed E-state index contributed by atoms with van der Waals surface area (Å²) in [5.41, 5.74) is 0.444. The monoisotopic (exact) mass is 297 g/mol. The molecule has 1 aromatic heterocycles. The molecule has 1 atom stereocenters. The molecule has 0 bridgehead atoms. The molecule has 2 amide bonds. The quantitative estimate of drug-likeness (QED) is 0.730. The van der Waals surface area contributed by atoms with Crippen LogP contribution in [0.2, 0.25) is 0 Å². The maximum Gasteiger partial charge on any atom is 0.326 e. The fraction of sp³-hybridized carbons (Fsp3) is 0.538. The van der Waals surface area contributed by atoms with Crippen molar-refractivity contribution >= 4 is 17.8 Å². The molecule has 116 valence electrons. The Morgan fingerprint density at radius 1 is 1.48 bits per heavy atom. The van der Waals surface area contributed by atoms with Crippen LogP contribution in [0.4, 0.5) is 0 Å². The highest BCUT2D eigenvalue weighted by molar-refractivity contribution is 5.84. The highest BCUT2D eigenvalue weighted by atomic mass is 16.5. The van der Waals surface area contributed by atoms with E-state index in [0.717, 1.165) is 0 Å². The van der Waals surface area contributed by atoms with E-state index >= 15 is 0 Å². The normalized spacial score (nSPS) is 11.8. The summed E-state index contributed by atoms with van der Waals surface area (Å²) in [6, 6.07) is 0.634. The molecule has 0 radical (unpaired) electrons. The lowest BCUT2D eigenvalue weighted by Gasteiger charge is -2.26. The lowest BCUT2D eigenvalue weighted by atomic mass is 10.2. The fourth-order valence-corrected chi connectivity index (χ4v) is 1.78. The zero-order valence-electron chi connectivity index (χ0n) is 12.3. The number of amides is 2. The van der Waals surface area contributed by atoms with E-state index in [1.165, 1.54) is 18.7 Å². The molecule has 0 aliphatic rings. The van der Waals surface area contributed by atoms with Gasteiger partial charge in [0.1, 0.15) is 11.8 Å². The largest absolute Gasteiger partial charge is 0.480 e. The van der Waals surface area contributed by atoms with E-state index in [-0.39, 0.29) is 31.3 Å². The number of carbonyl (C=O) groups excluding carboxylic acids is 2. The molecule has 0 aliphatic heterocycles. The second kappa shape index (κ2) is 7.41. The van der Waals surface area contributed by atoms with E-state index in [2.05, 4.69) is 10.5 Å². The van der Waals surface area contributed by atoms with Crippen molar-refractivity contribution in [3.05, 3.63) is 17.5 Å². The molecule has 2 N–H and O–H groups in total. The maximum atomic E-state index is 12.2. The van der Waals surface area contributed by atoms with E-state index in [4.69, 9.17) is 9.63 Å². The Hall–Kier alpha value is -2.38. The number of aryl methyl sites for hydroxylation is 1. The van der Waals surface area contributed by atoms with Crippen LogP contribution in [0.15, 0.2) is 10.6 Å². The molecular formula is C13H19N3O5. The van der Waals surface area contributed by atoms with Gasteiger partial charge in [-0.25, -0.2) is 4.79 Å². The molecule has 0 fully saturated rings. The van der Waals surface area contributed by atoms with Gasteiger partial charge in [-0.2, -0.15) is 0 Å². The van der Waals surface area contributed by atoms with Crippen molar-refractivity contribution < 1.29 is 24.0 Å². The number of nitrogens with one attached hydrogen (secondary N) is 1. The van der Waals surface area contributed by atoms with Gasteiger partial charge >= 0.3 is 5.97 Å². The SMILES string of the molecule is CC(=O)NCCN(C(=O)Cc1cc(C)on1)C(C)C(=O)O. The summed E-state index contributed by atoms with van der Waals surface area (Å²) in [6.45, 7) is 4.78. The van der Waals surface area contributed by atoms with Gasteiger partial charge in [-0.15, -0.1) is 0 Å². The van der Waals surface area contributed by atoms with Crippen molar-refractivity contribution in [2.24, 2.45) is 0 Å². The van der Waals surface area contributed by atoms with Crippen molar-refractivity contribution in [2.45, 2.75) is 33.2 Å². The van der Waals surface area contributed by atoms with Crippen LogP contribution in [0.5, 0.6) is 0 Å². The van der Waals surface area contributed by atoms with Gasteiger partial charge in [0.2, 0.25) is 11.8 Å². The van der Waals surface area contributed by atoms with Gasteiger partial charge in [0, 0.05) is 26.1 Å². The number of carboxylic acid groups (broad SMARTS) is 1. The van der Waals surface area contributed by atoms with Crippen LogP contribution < -0.4 is 5.32 Å². The van der Waals surface area contributed by atoms with Gasteiger partial charge in [0.05, 0.1) is 12.1 Å². The van der Waals surface area contributed by atoms with Crippen LogP contribution in [-0.4, -0.2) is 52.1 Å². The Morgan fingerprint density at radius 2 is 2.14 bits per heavy atom. The molecule has 0 aromatic carbocycles. The van der Waals surface area contributed by atoms with E-state index in [1.807, 2.05) is 0 Å². The van der Waals surface area contributed by atoms with Crippen molar-refractivity contribution in [3.8, 4) is 0 Å². The summed E-state index contributed by atoms with van der Waals surface area (Å²) < 4.78 is 4.87. The first kappa shape index (κ1) is 16.7. The maximum absolute atomic E-state index is 12.2. The van der Waals surface area contributed by atoms with Gasteiger partial charge in [-0.1, -0.05) is 5.16 Å². The summed E-state index contributed by atoms with van der Waals surface area (Å²) in [5, 5.41) is 15.3. The molecule has 8 heteroatoms. The third-order valence-corrected chi connectivity index (χ3v) is 2.88. The second-order valence-corrected chi connectivity index (χ2v) is 4.69. The Bertz CT molecular complexity index is 526. The lowest BCUT2D eigenvalue weighted by Crippen LogP contribution is -2.47. The number of aromatic nitrogens is 1. The van der Waals surface area contributed by atoms with Crippen molar-refractivity contribution in [1.82, 2.24) is 15.4 Å². The molecule has 21 heavy (non-hydrogen) atoms. The Balaban J connectivity index is 2.71. The summed E-state index contributed by atoms with van der Waals surface area (Å²) in [6.07, 6.45) is -0.0466. The molecule has 0 aliphatic carbocycles. The topological polar surface area (TPSA) is 113 Å². The minimum atomic E-state index is -1.11. The third kappa shape index (κ3) is 5.25. The van der Waals surface area contributed by atoms with Crippen molar-refractivity contribution in [3.63, 3.8) is 0 Å². The van der Waals surface area contributed by atoms with Crippen LogP contribution in [0.1, 0.15) is 25.3 Å². The zero-order chi connectivity index (χ0) is 16.0. The standard InChI is InChI=1S/C13H19N3O5/c1-8-6-11(15-21-8)7-12(18)16(9(2)13(19)20)5-4-14-10(3)17/h6,9H,4-5,7H2,1-3H3,(H,14,17)(H,19,20). The Kier molecular flexibility index (Phi) is 5.89. The average Bonchev–Trinajstić information content (AvgIpc) is 2.78. The smallest absolute Gasteiger partial charge is 0.326 e. The fourth-order valence-electron chi connectivity index (χ4n) is 1.78. The van der Waals surface area contributed by atoms with E-state index < -0.39 is 12.0 Å². The van der Waals surface area contributed by atoms with Gasteiger partial charge in [-0.05, 0) is 13.8 Å². The van der Waals surface area contributed by atoms with Crippen LogP contribution >= 0.6 is 0 Å². The summed E-state index contributed by atoms with van der Waals surface area (Å²) >= 11 is 0. The molecule has 0 spiro atoms. The molecule has 0 saturated heterocycles. The Morgan fingerprint density at radius 3 is 2.62 bits per heavy atom. The van der Waals surface area contributed by atoms with Crippen LogP contribution in [0.25, 0.3) is 0 Å². The van der Waals surface area contributed by atoms with Gasteiger partial charge in [0.15, 0.2) is 0 Å². The van der Waals surface area contributed by atoms with Gasteiger partial charge < -0.3 is 19.8 Å². The molecular weight excluding hydrogens is 278 g/mol. The first-order valence-electron chi connectivity index (χ1n) is 6.50. The third-order valence-electron chi connectivity index (χ3n) is 2.88. The molecule has 8 nitrogen and oxygen atoms in total. The number of hydrogen-bond donors (Lipinski definition) is 2. The molecule has 1 heterocycles. The number of aliphatic carboxylic acids is 1. The predicted molar refractivity (Wildman–Crippen MR) is 72.4 cm³/mol. The first-order valence-corrected chi connectivity index (χ1v) is 6.50. The van der Waals surface area contributed by atoms with E-state index in [0.29, 0.717) is 11.5 Å². The van der Waals surface area contributed by atoms with Crippen molar-refractivity contribution in [1.29, 1.82) is 0 Å². The summed E-state index contributed by atoms with van der Waals surface area (Å²) in [4.78, 5) is 35.3. The van der Waals surface area contributed by atoms with Gasteiger partial charge in [-0.3, -0.25) is 9.59 Å². The number of rotatable bonds is 7. The van der Waals surface area contributed by atoms with E-state index in [1.54, 1.807) is 13.0 Å². The number of carbonyl (C=O) groups is 3. The summed E-state index contributed by atoms with van der Waals surface area (Å²) in [5.74, 6) is -1.16. The predicted octanol–water partition coefficient (Wildman–Crippen LogP) is -0.0367. The zero-order valence-corrected chi connectivity index (χ0v) is 12.3. The van der Waals surface area contributed by atoms with Crippen LogP contribution in [0, 0.1) is 6.92 Å². The summed E-state index contributed by atoms with van der Waals surface area (Å²) in [7, 11) is 0. The van der Waals surface area contributed by atoms with Gasteiger partial charge in [0.25, 0.3) is 0 Å². The highest BCUT2D eigenvalue weighted by Crippen LogP contribution is 2.07. The lowest BCUT2D eigenvalue weighted by molar-refractivity contribution is -0.149. The van der Waals surface area contributed by atoms with Crippen molar-refractivity contribution in [2.75, 3.05) is 13.1 Å². The number of carboxylic acids is 1. The highest BCUT2D eigenvalue weighted by Gasteiger charge is 2.25. The first-order chi connectivity index (χ1) is 9.81.